The fraction of sp³-hybridized carbons (Fsp3) is 0.500. The summed E-state index contributed by atoms with van der Waals surface area (Å²) in [4.78, 5) is 49.2. The minimum Gasteiger partial charge on any atom is -0.474 e. The lowest BCUT2D eigenvalue weighted by Crippen LogP contribution is -2.43. The van der Waals surface area contributed by atoms with E-state index >= 15 is 4.39 Å². The summed E-state index contributed by atoms with van der Waals surface area (Å²) in [6.07, 6.45) is 3.89. The van der Waals surface area contributed by atoms with Gasteiger partial charge in [-0.2, -0.15) is 0 Å². The van der Waals surface area contributed by atoms with Gasteiger partial charge in [0.15, 0.2) is 5.82 Å². The predicted molar refractivity (Wildman–Crippen MR) is 179 cm³/mol. The van der Waals surface area contributed by atoms with Gasteiger partial charge in [0.05, 0.1) is 24.4 Å². The topological polar surface area (TPSA) is 153 Å². The summed E-state index contributed by atoms with van der Waals surface area (Å²) in [5.74, 6) is -0.357. The first-order chi connectivity index (χ1) is 22.5. The summed E-state index contributed by atoms with van der Waals surface area (Å²) in [5, 5.41) is 8.96. The molecule has 3 aromatic rings. The van der Waals surface area contributed by atoms with Crippen molar-refractivity contribution in [3.8, 4) is 17.0 Å². The molecule has 1 aliphatic heterocycles. The second kappa shape index (κ2) is 13.4. The number of methoxy groups -OCH3 is 1. The Kier molecular flexibility index (Phi) is 9.67. The fourth-order valence-electron chi connectivity index (χ4n) is 5.87. The Morgan fingerprint density at radius 2 is 1.71 bits per heavy atom. The van der Waals surface area contributed by atoms with Crippen LogP contribution in [-0.2, 0) is 14.2 Å². The molecule has 2 aliphatic rings. The third kappa shape index (κ3) is 7.70. The number of pyridine rings is 2. The number of hydrogen-bond donors (Lipinski definition) is 3. The van der Waals surface area contributed by atoms with E-state index in [0.29, 0.717) is 22.2 Å². The number of ether oxygens (including phenoxy) is 4. The average molecular weight is 667 g/mol. The summed E-state index contributed by atoms with van der Waals surface area (Å²) in [6.45, 7) is 12.5. The molecule has 5 rings (SSSR count). The second-order valence-corrected chi connectivity index (χ2v) is 13.9. The van der Waals surface area contributed by atoms with Gasteiger partial charge in [-0.3, -0.25) is 15.5 Å². The lowest BCUT2D eigenvalue weighted by molar-refractivity contribution is 0.0564. The van der Waals surface area contributed by atoms with E-state index in [1.54, 1.807) is 67.7 Å². The molecule has 14 heteroatoms. The van der Waals surface area contributed by atoms with Crippen molar-refractivity contribution in [2.24, 2.45) is 0 Å². The van der Waals surface area contributed by atoms with E-state index in [1.807, 2.05) is 0 Å². The Balaban J connectivity index is 1.58. The van der Waals surface area contributed by atoms with Crippen LogP contribution in [-0.4, -0.2) is 71.8 Å². The number of nitrogens with one attached hydrogen (secondary N) is 3. The van der Waals surface area contributed by atoms with E-state index in [9.17, 15) is 14.4 Å². The smallest absolute Gasteiger partial charge is 0.415 e. The van der Waals surface area contributed by atoms with Gasteiger partial charge in [-0.1, -0.05) is 0 Å². The zero-order valence-corrected chi connectivity index (χ0v) is 28.6. The highest BCUT2D eigenvalue weighted by atomic mass is 19.1. The summed E-state index contributed by atoms with van der Waals surface area (Å²) in [5.41, 5.74) is -0.497. The van der Waals surface area contributed by atoms with Gasteiger partial charge in [-0.05, 0) is 90.8 Å². The molecule has 3 N–H and O–H groups in total. The van der Waals surface area contributed by atoms with Gasteiger partial charge in [0.25, 0.3) is 0 Å². The minimum atomic E-state index is -0.865. The maximum absolute atomic E-state index is 16.6. The van der Waals surface area contributed by atoms with Crippen molar-refractivity contribution in [3.05, 3.63) is 35.9 Å². The van der Waals surface area contributed by atoms with Crippen LogP contribution in [0.1, 0.15) is 66.4 Å². The van der Waals surface area contributed by atoms with E-state index in [-0.39, 0.29) is 53.6 Å². The number of carbonyl (C=O) groups is 3. The maximum atomic E-state index is 16.6. The van der Waals surface area contributed by atoms with Crippen LogP contribution in [0.15, 0.2) is 24.5 Å². The Morgan fingerprint density at radius 3 is 2.40 bits per heavy atom. The lowest BCUT2D eigenvalue weighted by Gasteiger charge is -2.32. The van der Waals surface area contributed by atoms with Crippen LogP contribution < -0.4 is 25.6 Å². The number of benzene rings is 1. The molecule has 0 spiro atoms. The van der Waals surface area contributed by atoms with Gasteiger partial charge in [0.1, 0.15) is 29.3 Å². The largest absolute Gasteiger partial charge is 0.474 e. The maximum Gasteiger partial charge on any atom is 0.415 e. The van der Waals surface area contributed by atoms with Crippen LogP contribution in [0, 0.1) is 12.7 Å². The van der Waals surface area contributed by atoms with Gasteiger partial charge in [-0.25, -0.2) is 28.7 Å². The second-order valence-electron chi connectivity index (χ2n) is 13.9. The number of urea groups is 1. The van der Waals surface area contributed by atoms with Crippen molar-refractivity contribution in [1.29, 1.82) is 0 Å². The number of nitrogens with zero attached hydrogens (tertiary/aromatic N) is 3. The van der Waals surface area contributed by atoms with Gasteiger partial charge in [0, 0.05) is 36.0 Å². The molecule has 258 valence electrons. The number of halogens is 1. The van der Waals surface area contributed by atoms with Crippen LogP contribution in [0.3, 0.4) is 0 Å². The van der Waals surface area contributed by atoms with Crippen molar-refractivity contribution < 1.29 is 37.7 Å². The molecule has 0 radical (unpaired) electrons. The Labute approximate surface area is 278 Å². The molecule has 1 aromatic carbocycles. The van der Waals surface area contributed by atoms with Crippen molar-refractivity contribution in [1.82, 2.24) is 15.3 Å². The number of rotatable bonds is 5. The highest BCUT2D eigenvalue weighted by molar-refractivity contribution is 6.05. The quantitative estimate of drug-likeness (QED) is 0.264. The molecule has 2 unspecified atom stereocenters. The lowest BCUT2D eigenvalue weighted by atomic mass is 9.96. The molecule has 2 atom stereocenters. The normalized spacial score (nSPS) is 17.7. The number of amides is 4. The first kappa shape index (κ1) is 34.6. The third-order valence-corrected chi connectivity index (χ3v) is 7.90. The molecule has 1 aliphatic carbocycles. The number of carbonyl (C=O) groups excluding carboxylic acids is 3. The van der Waals surface area contributed by atoms with E-state index in [4.69, 9.17) is 18.9 Å². The molecule has 48 heavy (non-hydrogen) atoms. The van der Waals surface area contributed by atoms with Gasteiger partial charge < -0.3 is 24.3 Å². The van der Waals surface area contributed by atoms with Gasteiger partial charge in [-0.15, -0.1) is 0 Å². The van der Waals surface area contributed by atoms with Crippen molar-refractivity contribution >= 4 is 46.2 Å². The molecule has 13 nitrogen and oxygen atoms in total. The number of aromatic nitrogens is 2. The van der Waals surface area contributed by atoms with Crippen LogP contribution in [0.25, 0.3) is 21.9 Å². The fourth-order valence-corrected chi connectivity index (χ4v) is 5.87. The molecule has 0 bridgehead atoms. The van der Waals surface area contributed by atoms with E-state index in [1.165, 1.54) is 17.3 Å². The Morgan fingerprint density at radius 1 is 0.979 bits per heavy atom. The molecule has 1 fully saturated rings. The first-order valence-corrected chi connectivity index (χ1v) is 15.9. The SMILES string of the molecule is COC1CCCC1NC(=O)Nc1cc2cc(-c3cnc4c(c3C)N(C(=O)OC(C)(C)C)CCO4)c(F)c(NC(=O)OC(C)(C)C)c2cn1. The van der Waals surface area contributed by atoms with Crippen LogP contribution in [0.5, 0.6) is 5.88 Å². The summed E-state index contributed by atoms with van der Waals surface area (Å²) >= 11 is 0. The van der Waals surface area contributed by atoms with Crippen LogP contribution in [0.4, 0.5) is 36.0 Å². The number of fused-ring (bicyclic) bond motifs is 2. The Bertz CT molecular complexity index is 1740. The molecule has 1 saturated carbocycles. The van der Waals surface area contributed by atoms with E-state index in [2.05, 4.69) is 25.9 Å². The highest BCUT2D eigenvalue weighted by Gasteiger charge is 2.33. The molecule has 3 heterocycles. The van der Waals surface area contributed by atoms with Crippen molar-refractivity contribution in [2.45, 2.75) is 91.1 Å². The third-order valence-electron chi connectivity index (χ3n) is 7.90. The van der Waals surface area contributed by atoms with Crippen LogP contribution >= 0.6 is 0 Å². The van der Waals surface area contributed by atoms with Crippen molar-refractivity contribution in [3.63, 3.8) is 0 Å². The highest BCUT2D eigenvalue weighted by Crippen LogP contribution is 2.42. The van der Waals surface area contributed by atoms with Crippen molar-refractivity contribution in [2.75, 3.05) is 35.8 Å². The zero-order chi connectivity index (χ0) is 35.0. The number of anilines is 3. The zero-order valence-electron chi connectivity index (χ0n) is 28.6. The van der Waals surface area contributed by atoms with E-state index < -0.39 is 35.2 Å². The van der Waals surface area contributed by atoms with Gasteiger partial charge in [0.2, 0.25) is 5.88 Å². The van der Waals surface area contributed by atoms with Gasteiger partial charge >= 0.3 is 18.2 Å². The van der Waals surface area contributed by atoms with E-state index in [0.717, 1.165) is 19.3 Å². The van der Waals surface area contributed by atoms with Crippen LogP contribution in [0.2, 0.25) is 0 Å². The Hall–Kier alpha value is -4.72. The summed E-state index contributed by atoms with van der Waals surface area (Å²) in [7, 11) is 1.62. The molecular weight excluding hydrogens is 623 g/mol. The summed E-state index contributed by atoms with van der Waals surface area (Å²) in [6, 6.07) is 2.57. The molecule has 4 amide bonds. The average Bonchev–Trinajstić information content (AvgIpc) is 3.43. The predicted octanol–water partition coefficient (Wildman–Crippen LogP) is 6.91. The minimum absolute atomic E-state index is 0.0718. The summed E-state index contributed by atoms with van der Waals surface area (Å²) < 4.78 is 38.9. The molecular formula is C34H43FN6O7. The molecule has 2 aromatic heterocycles. The monoisotopic (exact) mass is 666 g/mol. The standard InChI is InChI=1S/C34H43FN6O7/c1-18-21(16-37-29-28(18)41(12-13-46-29)32(44)48-34(5,6)7)20-14-19-15-25(39-30(42)38-23-10-9-11-24(23)45-8)36-17-22(19)27(26(20)35)40-31(43)47-33(2,3)4/h14-17,23-24H,9-13H2,1-8H3,(H,40,43)(H2,36,38,39,42). The first-order valence-electron chi connectivity index (χ1n) is 15.9. The molecule has 0 saturated heterocycles. The number of hydrogen-bond acceptors (Lipinski definition) is 9.